The van der Waals surface area contributed by atoms with Crippen molar-refractivity contribution < 1.29 is 14.3 Å². The number of nitrogens with one attached hydrogen (secondary N) is 2. The third-order valence-corrected chi connectivity index (χ3v) is 6.21. The van der Waals surface area contributed by atoms with Crippen LogP contribution in [0.1, 0.15) is 58.4 Å². The molecule has 1 heterocycles. The van der Waals surface area contributed by atoms with Crippen molar-refractivity contribution >= 4 is 17.3 Å². The second-order valence-electron chi connectivity index (χ2n) is 9.94. The van der Waals surface area contributed by atoms with Crippen molar-refractivity contribution in [2.24, 2.45) is 0 Å². The lowest BCUT2D eigenvalue weighted by Gasteiger charge is -2.35. The van der Waals surface area contributed by atoms with Gasteiger partial charge < -0.3 is 20.6 Å². The van der Waals surface area contributed by atoms with Gasteiger partial charge in [0.25, 0.3) is 0 Å². The van der Waals surface area contributed by atoms with Crippen LogP contribution in [0.2, 0.25) is 0 Å². The van der Waals surface area contributed by atoms with E-state index in [1.54, 1.807) is 12.1 Å². The highest BCUT2D eigenvalue weighted by Gasteiger charge is 2.21. The highest BCUT2D eigenvalue weighted by Crippen LogP contribution is 2.23. The first-order valence-corrected chi connectivity index (χ1v) is 12.1. The molecule has 1 saturated heterocycles. The zero-order chi connectivity index (χ0) is 23.8. The Hall–Kier alpha value is -2.44. The van der Waals surface area contributed by atoms with Crippen LogP contribution in [0.4, 0.5) is 15.8 Å². The molecule has 1 unspecified atom stereocenters. The molecule has 33 heavy (non-hydrogen) atoms. The number of nitrogens with zero attached hydrogens (tertiary/aromatic N) is 1. The van der Waals surface area contributed by atoms with Gasteiger partial charge in [-0.3, -0.25) is 4.79 Å². The average molecular weight is 456 g/mol. The summed E-state index contributed by atoms with van der Waals surface area (Å²) in [4.78, 5) is 14.6. The molecule has 1 fully saturated rings. The number of hydrogen-bond donors (Lipinski definition) is 3. The van der Waals surface area contributed by atoms with Crippen molar-refractivity contribution in [3.63, 3.8) is 0 Å². The second-order valence-corrected chi connectivity index (χ2v) is 9.94. The number of hydrogen-bond acceptors (Lipinski definition) is 4. The zero-order valence-electron chi connectivity index (χ0n) is 20.1. The van der Waals surface area contributed by atoms with Gasteiger partial charge in [-0.05, 0) is 94.8 Å². The van der Waals surface area contributed by atoms with Crippen LogP contribution in [0.25, 0.3) is 0 Å². The van der Waals surface area contributed by atoms with Gasteiger partial charge in [-0.2, -0.15) is 0 Å². The van der Waals surface area contributed by atoms with E-state index >= 15 is 0 Å². The molecule has 2 aromatic rings. The fraction of sp³-hybridized carbons (Fsp3) is 0.519. The van der Waals surface area contributed by atoms with E-state index in [1.165, 1.54) is 12.1 Å². The number of halogens is 1. The number of rotatable bonds is 10. The maximum atomic E-state index is 13.3. The summed E-state index contributed by atoms with van der Waals surface area (Å²) in [6, 6.07) is 15.1. The SMILES string of the molecule is CC(CCCC(C)(C)O)NC1CCN(c2ccc(NC(=O)Cc3cccc(F)c3)cc2)CC1. The third kappa shape index (κ3) is 8.78. The van der Waals surface area contributed by atoms with Crippen LogP contribution in [0.15, 0.2) is 48.5 Å². The van der Waals surface area contributed by atoms with E-state index in [4.69, 9.17) is 0 Å². The summed E-state index contributed by atoms with van der Waals surface area (Å²) in [6.07, 6.45) is 5.29. The van der Waals surface area contributed by atoms with Crippen LogP contribution in [0.3, 0.4) is 0 Å². The number of amides is 1. The number of benzene rings is 2. The third-order valence-electron chi connectivity index (χ3n) is 6.21. The molecule has 6 heteroatoms. The zero-order valence-corrected chi connectivity index (χ0v) is 20.1. The molecule has 0 aliphatic carbocycles. The number of carbonyl (C=O) groups is 1. The molecule has 5 nitrogen and oxygen atoms in total. The van der Waals surface area contributed by atoms with E-state index in [2.05, 4.69) is 22.5 Å². The van der Waals surface area contributed by atoms with E-state index in [1.807, 2.05) is 38.1 Å². The molecule has 1 atom stereocenters. The van der Waals surface area contributed by atoms with Crippen LogP contribution in [0.5, 0.6) is 0 Å². The molecular formula is C27H38FN3O2. The van der Waals surface area contributed by atoms with Crippen molar-refractivity contribution in [3.05, 3.63) is 59.9 Å². The smallest absolute Gasteiger partial charge is 0.228 e. The summed E-state index contributed by atoms with van der Waals surface area (Å²) in [7, 11) is 0. The Labute approximate surface area is 197 Å². The topological polar surface area (TPSA) is 64.6 Å². The van der Waals surface area contributed by atoms with Gasteiger partial charge in [0.05, 0.1) is 12.0 Å². The Bertz CT molecular complexity index is 887. The monoisotopic (exact) mass is 455 g/mol. The summed E-state index contributed by atoms with van der Waals surface area (Å²) in [5.41, 5.74) is 1.99. The van der Waals surface area contributed by atoms with E-state index < -0.39 is 5.60 Å². The Morgan fingerprint density at radius 1 is 1.18 bits per heavy atom. The van der Waals surface area contributed by atoms with Crippen molar-refractivity contribution in [1.82, 2.24) is 5.32 Å². The van der Waals surface area contributed by atoms with Crippen LogP contribution in [-0.4, -0.2) is 41.8 Å². The quantitative estimate of drug-likeness (QED) is 0.477. The molecule has 0 saturated carbocycles. The molecule has 0 aromatic heterocycles. The van der Waals surface area contributed by atoms with Crippen LogP contribution >= 0.6 is 0 Å². The van der Waals surface area contributed by atoms with Crippen LogP contribution in [0, 0.1) is 5.82 Å². The maximum absolute atomic E-state index is 13.3. The van der Waals surface area contributed by atoms with E-state index in [-0.39, 0.29) is 18.1 Å². The fourth-order valence-electron chi connectivity index (χ4n) is 4.42. The van der Waals surface area contributed by atoms with Crippen molar-refractivity contribution in [1.29, 1.82) is 0 Å². The van der Waals surface area contributed by atoms with E-state index in [9.17, 15) is 14.3 Å². The van der Waals surface area contributed by atoms with Gasteiger partial charge in [-0.25, -0.2) is 4.39 Å². The van der Waals surface area contributed by atoms with Gasteiger partial charge in [0, 0.05) is 36.5 Å². The van der Waals surface area contributed by atoms with E-state index in [0.717, 1.165) is 56.6 Å². The largest absolute Gasteiger partial charge is 0.390 e. The Morgan fingerprint density at radius 2 is 1.88 bits per heavy atom. The predicted molar refractivity (Wildman–Crippen MR) is 133 cm³/mol. The molecule has 0 bridgehead atoms. The lowest BCUT2D eigenvalue weighted by molar-refractivity contribution is -0.115. The van der Waals surface area contributed by atoms with Crippen molar-refractivity contribution in [2.75, 3.05) is 23.3 Å². The second kappa shape index (κ2) is 11.6. The number of piperidine rings is 1. The standard InChI is InChI=1S/C27H38FN3O2/c1-20(6-5-15-27(2,3)33)29-24-13-16-31(17-14-24)25-11-9-23(10-12-25)30-26(32)19-21-7-4-8-22(28)18-21/h4,7-12,18,20,24,29,33H,5-6,13-17,19H2,1-3H3,(H,30,32). The minimum atomic E-state index is -0.579. The van der Waals surface area contributed by atoms with Crippen LogP contribution in [-0.2, 0) is 11.2 Å². The molecule has 1 aliphatic heterocycles. The lowest BCUT2D eigenvalue weighted by Crippen LogP contribution is -2.45. The first-order chi connectivity index (χ1) is 15.7. The molecule has 2 aromatic carbocycles. The van der Waals surface area contributed by atoms with Gasteiger partial charge in [0.15, 0.2) is 0 Å². The number of anilines is 2. The number of carbonyl (C=O) groups excluding carboxylic acids is 1. The van der Waals surface area contributed by atoms with Gasteiger partial charge in [-0.15, -0.1) is 0 Å². The first-order valence-electron chi connectivity index (χ1n) is 12.1. The highest BCUT2D eigenvalue weighted by molar-refractivity contribution is 5.92. The highest BCUT2D eigenvalue weighted by atomic mass is 19.1. The van der Waals surface area contributed by atoms with E-state index in [0.29, 0.717) is 17.6 Å². The Kier molecular flexibility index (Phi) is 8.87. The maximum Gasteiger partial charge on any atom is 0.228 e. The minimum absolute atomic E-state index is 0.149. The molecule has 180 valence electrons. The molecule has 1 amide bonds. The van der Waals surface area contributed by atoms with Gasteiger partial charge in [0.2, 0.25) is 5.91 Å². The predicted octanol–water partition coefficient (Wildman–Crippen LogP) is 4.90. The Balaban J connectivity index is 1.40. The van der Waals surface area contributed by atoms with Crippen LogP contribution < -0.4 is 15.5 Å². The molecule has 3 rings (SSSR count). The number of aliphatic hydroxyl groups is 1. The summed E-state index contributed by atoms with van der Waals surface area (Å²) < 4.78 is 13.3. The summed E-state index contributed by atoms with van der Waals surface area (Å²) in [5.74, 6) is -0.485. The lowest BCUT2D eigenvalue weighted by atomic mass is 9.98. The summed E-state index contributed by atoms with van der Waals surface area (Å²) in [6.45, 7) is 7.97. The molecule has 1 aliphatic rings. The van der Waals surface area contributed by atoms with Gasteiger partial charge >= 0.3 is 0 Å². The summed E-state index contributed by atoms with van der Waals surface area (Å²) >= 11 is 0. The van der Waals surface area contributed by atoms with Crippen molar-refractivity contribution in [3.8, 4) is 0 Å². The molecule has 3 N–H and O–H groups in total. The normalized spacial score (nSPS) is 16.0. The van der Waals surface area contributed by atoms with Crippen molar-refractivity contribution in [2.45, 2.75) is 77.0 Å². The first kappa shape index (κ1) is 25.2. The summed E-state index contributed by atoms with van der Waals surface area (Å²) in [5, 5.41) is 16.5. The van der Waals surface area contributed by atoms with Gasteiger partial charge in [-0.1, -0.05) is 12.1 Å². The van der Waals surface area contributed by atoms with Gasteiger partial charge in [0.1, 0.15) is 5.82 Å². The molecule has 0 spiro atoms. The minimum Gasteiger partial charge on any atom is -0.390 e. The fourth-order valence-corrected chi connectivity index (χ4v) is 4.42. The average Bonchev–Trinajstić information content (AvgIpc) is 2.74. The molecular weight excluding hydrogens is 417 g/mol. The molecule has 0 radical (unpaired) electrons. The Morgan fingerprint density at radius 3 is 2.52 bits per heavy atom.